The third kappa shape index (κ3) is 7.98. The molecule has 0 bridgehead atoms. The van der Waals surface area contributed by atoms with Crippen LogP contribution in [-0.2, 0) is 17.7 Å². The molecule has 8 nitrogen and oxygen atoms in total. The van der Waals surface area contributed by atoms with Crippen molar-refractivity contribution in [2.24, 2.45) is 4.99 Å². The summed E-state index contributed by atoms with van der Waals surface area (Å²) in [6.07, 6.45) is 2.05. The average Bonchev–Trinajstić information content (AvgIpc) is 2.70. The number of rotatable bonds is 7. The van der Waals surface area contributed by atoms with E-state index in [4.69, 9.17) is 9.47 Å². The molecule has 0 aliphatic heterocycles. The summed E-state index contributed by atoms with van der Waals surface area (Å²) in [6, 6.07) is 11.5. The molecule has 0 spiro atoms. The van der Waals surface area contributed by atoms with Gasteiger partial charge < -0.3 is 20.1 Å². The molecule has 30 heavy (non-hydrogen) atoms. The molecule has 162 valence electrons. The predicted molar refractivity (Wildman–Crippen MR) is 119 cm³/mol. The van der Waals surface area contributed by atoms with Gasteiger partial charge in [0.05, 0.1) is 7.11 Å². The molecule has 2 rings (SSSR count). The zero-order chi connectivity index (χ0) is 22.0. The first kappa shape index (κ1) is 23.0. The summed E-state index contributed by atoms with van der Waals surface area (Å²) in [5, 5.41) is 9.27. The number of hydrogen-bond donors (Lipinski definition) is 3. The predicted octanol–water partition coefficient (Wildman–Crippen LogP) is 3.34. The second kappa shape index (κ2) is 11.0. The lowest BCUT2D eigenvalue weighted by atomic mass is 10.1. The van der Waals surface area contributed by atoms with Crippen LogP contribution in [-0.4, -0.2) is 43.3 Å². The van der Waals surface area contributed by atoms with Gasteiger partial charge in [-0.05, 0) is 51.0 Å². The number of guanidine groups is 1. The number of benzene rings is 1. The van der Waals surface area contributed by atoms with E-state index in [9.17, 15) is 4.79 Å². The van der Waals surface area contributed by atoms with Crippen LogP contribution in [0, 0.1) is 0 Å². The van der Waals surface area contributed by atoms with Gasteiger partial charge in [-0.1, -0.05) is 18.2 Å². The summed E-state index contributed by atoms with van der Waals surface area (Å²) in [5.74, 6) is 1.30. The van der Waals surface area contributed by atoms with E-state index in [2.05, 4.69) is 25.9 Å². The fourth-order valence-corrected chi connectivity index (χ4v) is 2.64. The molecule has 1 aromatic heterocycles. The van der Waals surface area contributed by atoms with E-state index in [0.29, 0.717) is 30.6 Å². The fourth-order valence-electron chi connectivity index (χ4n) is 2.64. The van der Waals surface area contributed by atoms with Crippen LogP contribution in [0.1, 0.15) is 31.9 Å². The molecule has 0 aliphatic rings. The van der Waals surface area contributed by atoms with Crippen molar-refractivity contribution in [2.75, 3.05) is 26.0 Å². The molecular weight excluding hydrogens is 382 g/mol. The summed E-state index contributed by atoms with van der Waals surface area (Å²) in [4.78, 5) is 20.2. The summed E-state index contributed by atoms with van der Waals surface area (Å²) >= 11 is 0. The van der Waals surface area contributed by atoms with Gasteiger partial charge in [0.2, 0.25) is 5.88 Å². The van der Waals surface area contributed by atoms with E-state index >= 15 is 0 Å². The molecule has 0 atom stereocenters. The largest absolute Gasteiger partial charge is 0.481 e. The zero-order valence-corrected chi connectivity index (χ0v) is 18.3. The van der Waals surface area contributed by atoms with Crippen LogP contribution in [0.15, 0.2) is 47.6 Å². The van der Waals surface area contributed by atoms with Gasteiger partial charge in [-0.3, -0.25) is 10.3 Å². The number of anilines is 1. The van der Waals surface area contributed by atoms with Gasteiger partial charge >= 0.3 is 6.09 Å². The van der Waals surface area contributed by atoms with Crippen molar-refractivity contribution in [3.8, 4) is 5.88 Å². The van der Waals surface area contributed by atoms with Gasteiger partial charge in [0, 0.05) is 37.6 Å². The molecular formula is C22H31N5O3. The zero-order valence-electron chi connectivity index (χ0n) is 18.3. The molecule has 0 radical (unpaired) electrons. The lowest BCUT2D eigenvalue weighted by Gasteiger charge is -2.19. The Morgan fingerprint density at radius 2 is 1.87 bits per heavy atom. The van der Waals surface area contributed by atoms with Crippen molar-refractivity contribution in [2.45, 2.75) is 39.3 Å². The van der Waals surface area contributed by atoms with E-state index in [1.807, 2.05) is 57.2 Å². The third-order valence-corrected chi connectivity index (χ3v) is 4.02. The number of nitrogens with one attached hydrogen (secondary N) is 3. The summed E-state index contributed by atoms with van der Waals surface area (Å²) in [6.45, 7) is 6.76. The number of ether oxygens (including phenoxy) is 2. The van der Waals surface area contributed by atoms with Crippen LogP contribution in [0.5, 0.6) is 5.88 Å². The van der Waals surface area contributed by atoms with Gasteiger partial charge in [-0.2, -0.15) is 0 Å². The number of carbonyl (C=O) groups is 1. The molecule has 1 aromatic carbocycles. The molecule has 0 unspecified atom stereocenters. The van der Waals surface area contributed by atoms with Crippen LogP contribution >= 0.6 is 0 Å². The third-order valence-electron chi connectivity index (χ3n) is 4.02. The monoisotopic (exact) mass is 413 g/mol. The maximum atomic E-state index is 11.8. The Bertz CT molecular complexity index is 845. The van der Waals surface area contributed by atoms with Crippen molar-refractivity contribution >= 4 is 17.7 Å². The van der Waals surface area contributed by atoms with Crippen LogP contribution in [0.4, 0.5) is 10.5 Å². The second-order valence-corrected chi connectivity index (χ2v) is 7.60. The molecule has 0 saturated carbocycles. The first-order valence-electron chi connectivity index (χ1n) is 9.82. The molecule has 1 amide bonds. The minimum Gasteiger partial charge on any atom is -0.481 e. The first-order valence-corrected chi connectivity index (χ1v) is 9.82. The standard InChI is InChI=1S/C22H31N5O3/c1-22(2,3)30-21(28)27-18-10-8-16(9-11-18)12-14-25-20(23-4)26-15-17-7-6-13-24-19(17)29-5/h6-11,13H,12,14-15H2,1-5H3,(H,27,28)(H2,23,25,26). The van der Waals surface area contributed by atoms with Gasteiger partial charge in [0.1, 0.15) is 5.60 Å². The lowest BCUT2D eigenvalue weighted by Crippen LogP contribution is -2.37. The number of aromatic nitrogens is 1. The highest BCUT2D eigenvalue weighted by molar-refractivity contribution is 5.84. The quantitative estimate of drug-likeness (QED) is 0.476. The number of amides is 1. The molecule has 0 fully saturated rings. The van der Waals surface area contributed by atoms with E-state index < -0.39 is 11.7 Å². The Balaban J connectivity index is 1.77. The van der Waals surface area contributed by atoms with Gasteiger partial charge in [0.15, 0.2) is 5.96 Å². The number of aliphatic imine (C=N–C) groups is 1. The normalized spacial score (nSPS) is 11.6. The Hall–Kier alpha value is -3.29. The summed E-state index contributed by atoms with van der Waals surface area (Å²) in [5.41, 5.74) is 2.27. The molecule has 3 N–H and O–H groups in total. The number of nitrogens with zero attached hydrogens (tertiary/aromatic N) is 2. The van der Waals surface area contributed by atoms with Crippen molar-refractivity contribution in [1.29, 1.82) is 0 Å². The van der Waals surface area contributed by atoms with Crippen molar-refractivity contribution in [3.05, 3.63) is 53.7 Å². The number of methoxy groups -OCH3 is 1. The number of carbonyl (C=O) groups excluding carboxylic acids is 1. The SMILES string of the molecule is CN=C(NCCc1ccc(NC(=O)OC(C)(C)C)cc1)NCc1cccnc1OC. The van der Waals surface area contributed by atoms with Crippen molar-refractivity contribution in [1.82, 2.24) is 15.6 Å². The van der Waals surface area contributed by atoms with E-state index in [0.717, 1.165) is 17.5 Å². The lowest BCUT2D eigenvalue weighted by molar-refractivity contribution is 0.0636. The Morgan fingerprint density at radius 3 is 2.50 bits per heavy atom. The van der Waals surface area contributed by atoms with E-state index in [-0.39, 0.29) is 0 Å². The molecule has 8 heteroatoms. The molecule has 2 aromatic rings. The van der Waals surface area contributed by atoms with Crippen LogP contribution in [0.2, 0.25) is 0 Å². The second-order valence-electron chi connectivity index (χ2n) is 7.60. The Labute approximate surface area is 178 Å². The van der Waals surface area contributed by atoms with Gasteiger partial charge in [-0.25, -0.2) is 9.78 Å². The topological polar surface area (TPSA) is 96.9 Å². The summed E-state index contributed by atoms with van der Waals surface area (Å²) < 4.78 is 10.5. The Kier molecular flexibility index (Phi) is 8.46. The maximum absolute atomic E-state index is 11.8. The molecule has 0 aliphatic carbocycles. The van der Waals surface area contributed by atoms with E-state index in [1.54, 1.807) is 20.4 Å². The highest BCUT2D eigenvalue weighted by Gasteiger charge is 2.16. The highest BCUT2D eigenvalue weighted by Crippen LogP contribution is 2.14. The van der Waals surface area contributed by atoms with Crippen LogP contribution in [0.3, 0.4) is 0 Å². The number of hydrogen-bond acceptors (Lipinski definition) is 5. The average molecular weight is 414 g/mol. The van der Waals surface area contributed by atoms with Crippen molar-refractivity contribution < 1.29 is 14.3 Å². The van der Waals surface area contributed by atoms with Crippen LogP contribution in [0.25, 0.3) is 0 Å². The minimum absolute atomic E-state index is 0.461. The molecule has 0 saturated heterocycles. The summed E-state index contributed by atoms with van der Waals surface area (Å²) in [7, 11) is 3.33. The minimum atomic E-state index is -0.523. The first-order chi connectivity index (χ1) is 14.3. The smallest absolute Gasteiger partial charge is 0.412 e. The highest BCUT2D eigenvalue weighted by atomic mass is 16.6. The van der Waals surface area contributed by atoms with Crippen molar-refractivity contribution in [3.63, 3.8) is 0 Å². The van der Waals surface area contributed by atoms with Gasteiger partial charge in [0.25, 0.3) is 0 Å². The maximum Gasteiger partial charge on any atom is 0.412 e. The Morgan fingerprint density at radius 1 is 1.13 bits per heavy atom. The number of pyridine rings is 1. The van der Waals surface area contributed by atoms with E-state index in [1.165, 1.54) is 0 Å². The molecule has 1 heterocycles. The van der Waals surface area contributed by atoms with Crippen LogP contribution < -0.4 is 20.7 Å². The fraction of sp³-hybridized carbons (Fsp3) is 0.409. The van der Waals surface area contributed by atoms with Gasteiger partial charge in [-0.15, -0.1) is 0 Å².